The lowest BCUT2D eigenvalue weighted by molar-refractivity contribution is -0.140. The van der Waals surface area contributed by atoms with Crippen LogP contribution in [-0.4, -0.2) is 26.2 Å². The standard InChI is InChI=1S/C7H12ClNO2/c1-6(8)5-9-4-3-7(10)11-2/h9H,1,3-5H2,2H3. The van der Waals surface area contributed by atoms with Crippen LogP contribution in [0.5, 0.6) is 0 Å². The Bertz CT molecular complexity index is 147. The fourth-order valence-corrected chi connectivity index (χ4v) is 0.611. The summed E-state index contributed by atoms with van der Waals surface area (Å²) in [5.74, 6) is -0.224. The molecule has 0 saturated heterocycles. The number of ether oxygens (including phenoxy) is 1. The van der Waals surface area contributed by atoms with Gasteiger partial charge in [-0.15, -0.1) is 0 Å². The monoisotopic (exact) mass is 177 g/mol. The van der Waals surface area contributed by atoms with Gasteiger partial charge in [0.15, 0.2) is 0 Å². The van der Waals surface area contributed by atoms with Crippen LogP contribution >= 0.6 is 11.6 Å². The predicted molar refractivity (Wildman–Crippen MR) is 44.5 cm³/mol. The maximum Gasteiger partial charge on any atom is 0.306 e. The van der Waals surface area contributed by atoms with Gasteiger partial charge in [-0.3, -0.25) is 4.79 Å². The molecule has 0 spiro atoms. The third-order valence-corrected chi connectivity index (χ3v) is 1.18. The van der Waals surface area contributed by atoms with Gasteiger partial charge in [0, 0.05) is 18.1 Å². The quantitative estimate of drug-likeness (QED) is 0.501. The van der Waals surface area contributed by atoms with Crippen LogP contribution in [0.1, 0.15) is 6.42 Å². The summed E-state index contributed by atoms with van der Waals surface area (Å²) in [4.78, 5) is 10.5. The van der Waals surface area contributed by atoms with Gasteiger partial charge < -0.3 is 10.1 Å². The van der Waals surface area contributed by atoms with Crippen LogP contribution in [0.2, 0.25) is 0 Å². The summed E-state index contributed by atoms with van der Waals surface area (Å²) < 4.78 is 4.42. The normalized spacial score (nSPS) is 9.27. The van der Waals surface area contributed by atoms with Crippen molar-refractivity contribution in [2.75, 3.05) is 20.2 Å². The third kappa shape index (κ3) is 7.36. The number of methoxy groups -OCH3 is 1. The minimum absolute atomic E-state index is 0.224. The van der Waals surface area contributed by atoms with E-state index in [1.807, 2.05) is 0 Å². The van der Waals surface area contributed by atoms with E-state index in [4.69, 9.17) is 11.6 Å². The average molecular weight is 178 g/mol. The first-order valence-electron chi connectivity index (χ1n) is 3.27. The van der Waals surface area contributed by atoms with E-state index in [0.29, 0.717) is 24.5 Å². The molecule has 0 saturated carbocycles. The summed E-state index contributed by atoms with van der Waals surface area (Å²) in [6.07, 6.45) is 0.362. The first-order chi connectivity index (χ1) is 5.16. The minimum atomic E-state index is -0.224. The molecule has 0 aliphatic carbocycles. The second-order valence-electron chi connectivity index (χ2n) is 2.02. The molecule has 0 rings (SSSR count). The van der Waals surface area contributed by atoms with E-state index < -0.39 is 0 Å². The smallest absolute Gasteiger partial charge is 0.306 e. The van der Waals surface area contributed by atoms with Crippen LogP contribution in [0.25, 0.3) is 0 Å². The number of hydrogen-bond donors (Lipinski definition) is 1. The molecule has 0 aromatic heterocycles. The number of nitrogens with one attached hydrogen (secondary N) is 1. The summed E-state index contributed by atoms with van der Waals surface area (Å²) in [5, 5.41) is 3.45. The lowest BCUT2D eigenvalue weighted by Crippen LogP contribution is -2.19. The highest BCUT2D eigenvalue weighted by Crippen LogP contribution is 1.92. The van der Waals surface area contributed by atoms with Crippen molar-refractivity contribution >= 4 is 17.6 Å². The number of carbonyl (C=O) groups is 1. The first-order valence-corrected chi connectivity index (χ1v) is 3.65. The second kappa shape index (κ2) is 6.19. The number of carbonyl (C=O) groups excluding carboxylic acids is 1. The topological polar surface area (TPSA) is 38.3 Å². The van der Waals surface area contributed by atoms with Crippen LogP contribution in [-0.2, 0) is 9.53 Å². The zero-order valence-corrected chi connectivity index (χ0v) is 7.28. The Labute approximate surface area is 71.4 Å². The molecule has 0 atom stereocenters. The van der Waals surface area contributed by atoms with Crippen molar-refractivity contribution in [2.24, 2.45) is 0 Å². The number of hydrogen-bond acceptors (Lipinski definition) is 3. The predicted octanol–water partition coefficient (Wildman–Crippen LogP) is 0.892. The molecule has 0 amide bonds. The molecular weight excluding hydrogens is 166 g/mol. The molecule has 0 aliphatic heterocycles. The fraction of sp³-hybridized carbons (Fsp3) is 0.571. The van der Waals surface area contributed by atoms with E-state index in [2.05, 4.69) is 16.6 Å². The fourth-order valence-electron chi connectivity index (χ4n) is 0.517. The van der Waals surface area contributed by atoms with Crippen molar-refractivity contribution in [2.45, 2.75) is 6.42 Å². The molecule has 0 bridgehead atoms. The number of halogens is 1. The lowest BCUT2D eigenvalue weighted by atomic mass is 10.4. The van der Waals surface area contributed by atoms with Gasteiger partial charge in [0.2, 0.25) is 0 Å². The van der Waals surface area contributed by atoms with Gasteiger partial charge in [0.25, 0.3) is 0 Å². The Hall–Kier alpha value is -0.540. The molecule has 0 aliphatic rings. The Balaban J connectivity index is 3.14. The zero-order valence-electron chi connectivity index (χ0n) is 6.52. The molecule has 11 heavy (non-hydrogen) atoms. The Kier molecular flexibility index (Phi) is 5.88. The van der Waals surface area contributed by atoms with Crippen molar-refractivity contribution in [3.63, 3.8) is 0 Å². The largest absolute Gasteiger partial charge is 0.469 e. The molecule has 0 aromatic rings. The molecule has 4 heteroatoms. The number of rotatable bonds is 5. The maximum atomic E-state index is 10.5. The van der Waals surface area contributed by atoms with Gasteiger partial charge >= 0.3 is 5.97 Å². The van der Waals surface area contributed by atoms with Gasteiger partial charge in [0.1, 0.15) is 0 Å². The highest BCUT2D eigenvalue weighted by molar-refractivity contribution is 6.29. The molecular formula is C7H12ClNO2. The van der Waals surface area contributed by atoms with Crippen molar-refractivity contribution in [1.29, 1.82) is 0 Å². The van der Waals surface area contributed by atoms with Crippen molar-refractivity contribution in [3.8, 4) is 0 Å². The second-order valence-corrected chi connectivity index (χ2v) is 2.55. The van der Waals surface area contributed by atoms with Gasteiger partial charge in [-0.2, -0.15) is 0 Å². The molecule has 1 N–H and O–H groups in total. The van der Waals surface area contributed by atoms with Crippen LogP contribution in [0.15, 0.2) is 11.6 Å². The summed E-state index contributed by atoms with van der Waals surface area (Å²) in [7, 11) is 1.36. The van der Waals surface area contributed by atoms with Crippen molar-refractivity contribution < 1.29 is 9.53 Å². The Morgan fingerprint density at radius 1 is 1.73 bits per heavy atom. The third-order valence-electron chi connectivity index (χ3n) is 1.05. The molecule has 0 radical (unpaired) electrons. The van der Waals surface area contributed by atoms with Crippen LogP contribution in [0, 0.1) is 0 Å². The molecule has 0 unspecified atom stereocenters. The SMILES string of the molecule is C=C(Cl)CNCCC(=O)OC. The van der Waals surface area contributed by atoms with Crippen molar-refractivity contribution in [3.05, 3.63) is 11.6 Å². The van der Waals surface area contributed by atoms with Gasteiger partial charge in [-0.1, -0.05) is 18.2 Å². The Morgan fingerprint density at radius 3 is 2.82 bits per heavy atom. The Morgan fingerprint density at radius 2 is 2.36 bits per heavy atom. The highest BCUT2D eigenvalue weighted by Gasteiger charge is 1.97. The summed E-state index contributed by atoms with van der Waals surface area (Å²) in [6.45, 7) is 4.57. The summed E-state index contributed by atoms with van der Waals surface area (Å²) in [6, 6.07) is 0. The molecule has 0 heterocycles. The van der Waals surface area contributed by atoms with E-state index in [-0.39, 0.29) is 5.97 Å². The van der Waals surface area contributed by atoms with E-state index >= 15 is 0 Å². The zero-order chi connectivity index (χ0) is 8.69. The molecule has 64 valence electrons. The summed E-state index contributed by atoms with van der Waals surface area (Å²) >= 11 is 5.45. The first kappa shape index (κ1) is 10.5. The average Bonchev–Trinajstić information content (AvgIpc) is 1.97. The minimum Gasteiger partial charge on any atom is -0.469 e. The van der Waals surface area contributed by atoms with Crippen LogP contribution < -0.4 is 5.32 Å². The van der Waals surface area contributed by atoms with E-state index in [9.17, 15) is 4.79 Å². The van der Waals surface area contributed by atoms with Gasteiger partial charge in [0.05, 0.1) is 13.5 Å². The molecule has 0 fully saturated rings. The summed E-state index contributed by atoms with van der Waals surface area (Å²) in [5.41, 5.74) is 0. The van der Waals surface area contributed by atoms with Gasteiger partial charge in [-0.05, 0) is 0 Å². The molecule has 3 nitrogen and oxygen atoms in total. The van der Waals surface area contributed by atoms with Gasteiger partial charge in [-0.25, -0.2) is 0 Å². The van der Waals surface area contributed by atoms with Crippen LogP contribution in [0.4, 0.5) is 0 Å². The van der Waals surface area contributed by atoms with Crippen molar-refractivity contribution in [1.82, 2.24) is 5.32 Å². The van der Waals surface area contributed by atoms with E-state index in [0.717, 1.165) is 0 Å². The maximum absolute atomic E-state index is 10.5. The molecule has 0 aromatic carbocycles. The van der Waals surface area contributed by atoms with E-state index in [1.54, 1.807) is 0 Å². The highest BCUT2D eigenvalue weighted by atomic mass is 35.5. The van der Waals surface area contributed by atoms with Crippen LogP contribution in [0.3, 0.4) is 0 Å². The van der Waals surface area contributed by atoms with E-state index in [1.165, 1.54) is 7.11 Å². The number of esters is 1. The lowest BCUT2D eigenvalue weighted by Gasteiger charge is -2.00.